The Bertz CT molecular complexity index is 2620. The highest BCUT2D eigenvalue weighted by Crippen LogP contribution is 2.45. The van der Waals surface area contributed by atoms with Gasteiger partial charge < -0.3 is 15.1 Å². The molecule has 0 radical (unpaired) electrons. The maximum atomic E-state index is 6.19. The SMILES string of the molecule is c1ccc2c(c1)NC(c1ccc(-c3cccc4oc5ccccc5c34)cc1)C(c1ccc3c4ccccc4c4ccccc4c3c1)N2. The fourth-order valence-corrected chi connectivity index (χ4v) is 7.79. The van der Waals surface area contributed by atoms with Crippen LogP contribution < -0.4 is 10.6 Å². The third-order valence-corrected chi connectivity index (χ3v) is 9.99. The molecule has 1 aliphatic heterocycles. The molecule has 10 rings (SSSR count). The summed E-state index contributed by atoms with van der Waals surface area (Å²) >= 11 is 0. The van der Waals surface area contributed by atoms with E-state index in [2.05, 4.69) is 156 Å². The number of para-hydroxylation sites is 3. The Hall–Kier alpha value is -6.06. The predicted octanol–water partition coefficient (Wildman–Crippen LogP) is 12.0. The maximum Gasteiger partial charge on any atom is 0.136 e. The van der Waals surface area contributed by atoms with E-state index >= 15 is 0 Å². The Morgan fingerprint density at radius 2 is 0.894 bits per heavy atom. The van der Waals surface area contributed by atoms with Crippen LogP contribution in [0, 0.1) is 0 Å². The fraction of sp³-hybridized carbons (Fsp3) is 0.0455. The van der Waals surface area contributed by atoms with Crippen molar-refractivity contribution in [1.29, 1.82) is 0 Å². The number of hydrogen-bond acceptors (Lipinski definition) is 3. The van der Waals surface area contributed by atoms with Crippen LogP contribution in [0.1, 0.15) is 23.2 Å². The molecular weight excluding hydrogens is 572 g/mol. The summed E-state index contributed by atoms with van der Waals surface area (Å²) in [6.45, 7) is 0. The van der Waals surface area contributed by atoms with Crippen molar-refractivity contribution in [2.75, 3.05) is 10.6 Å². The summed E-state index contributed by atoms with van der Waals surface area (Å²) in [5.41, 5.74) is 8.91. The van der Waals surface area contributed by atoms with E-state index in [1.165, 1.54) is 54.6 Å². The van der Waals surface area contributed by atoms with Gasteiger partial charge >= 0.3 is 0 Å². The highest BCUT2D eigenvalue weighted by molar-refractivity contribution is 6.25. The minimum atomic E-state index is 0.0200. The highest BCUT2D eigenvalue weighted by Gasteiger charge is 2.30. The quantitative estimate of drug-likeness (QED) is 0.198. The number of nitrogens with one attached hydrogen (secondary N) is 2. The van der Waals surface area contributed by atoms with Gasteiger partial charge in [-0.3, -0.25) is 0 Å². The van der Waals surface area contributed by atoms with Crippen LogP contribution in [-0.4, -0.2) is 0 Å². The third kappa shape index (κ3) is 4.06. The lowest BCUT2D eigenvalue weighted by molar-refractivity contribution is 0.637. The molecule has 0 bridgehead atoms. The van der Waals surface area contributed by atoms with E-state index in [0.29, 0.717) is 0 Å². The second-order valence-corrected chi connectivity index (χ2v) is 12.6. The van der Waals surface area contributed by atoms with Gasteiger partial charge in [0, 0.05) is 10.8 Å². The smallest absolute Gasteiger partial charge is 0.136 e. The zero-order valence-corrected chi connectivity index (χ0v) is 25.6. The van der Waals surface area contributed by atoms with Crippen molar-refractivity contribution in [2.45, 2.75) is 12.1 Å². The third-order valence-electron chi connectivity index (χ3n) is 9.99. The molecule has 0 aliphatic carbocycles. The van der Waals surface area contributed by atoms with Gasteiger partial charge in [-0.1, -0.05) is 127 Å². The number of hydrogen-bond donors (Lipinski definition) is 2. The molecule has 1 aromatic heterocycles. The van der Waals surface area contributed by atoms with E-state index in [1.54, 1.807) is 0 Å². The Morgan fingerprint density at radius 1 is 0.383 bits per heavy atom. The summed E-state index contributed by atoms with van der Waals surface area (Å²) in [6.07, 6.45) is 0. The summed E-state index contributed by atoms with van der Waals surface area (Å²) in [4.78, 5) is 0. The number of benzene rings is 8. The van der Waals surface area contributed by atoms with Crippen molar-refractivity contribution < 1.29 is 4.42 Å². The van der Waals surface area contributed by atoms with Crippen LogP contribution in [0.5, 0.6) is 0 Å². The van der Waals surface area contributed by atoms with Crippen LogP contribution in [-0.2, 0) is 0 Å². The van der Waals surface area contributed by atoms with Gasteiger partial charge in [-0.2, -0.15) is 0 Å². The maximum absolute atomic E-state index is 6.19. The molecule has 47 heavy (non-hydrogen) atoms. The van der Waals surface area contributed by atoms with Crippen LogP contribution in [0.15, 0.2) is 162 Å². The molecule has 3 heteroatoms. The van der Waals surface area contributed by atoms with Gasteiger partial charge in [0.2, 0.25) is 0 Å². The van der Waals surface area contributed by atoms with Gasteiger partial charge in [0.25, 0.3) is 0 Å². The van der Waals surface area contributed by atoms with E-state index in [9.17, 15) is 0 Å². The van der Waals surface area contributed by atoms with E-state index < -0.39 is 0 Å². The molecule has 3 nitrogen and oxygen atoms in total. The summed E-state index contributed by atoms with van der Waals surface area (Å²) in [7, 11) is 0. The minimum Gasteiger partial charge on any atom is -0.456 e. The number of fused-ring (bicyclic) bond motifs is 10. The molecular formula is C44H30N2O. The van der Waals surface area contributed by atoms with E-state index in [4.69, 9.17) is 4.42 Å². The number of anilines is 2. The van der Waals surface area contributed by atoms with Gasteiger partial charge in [-0.15, -0.1) is 0 Å². The first-order valence-electron chi connectivity index (χ1n) is 16.3. The standard InChI is InChI=1S/C44H30N2O/c1-2-12-33-31(10-1)32-11-3-4-13-34(32)37-26-29(24-25-35(33)37)44-43(45-38-16-6-7-17-39(38)46-44)28-22-20-27(21-23-28)30-15-9-19-41-42(30)36-14-5-8-18-40(36)47-41/h1-26,43-46H. The van der Waals surface area contributed by atoms with Gasteiger partial charge in [-0.25, -0.2) is 0 Å². The fourth-order valence-electron chi connectivity index (χ4n) is 7.79. The predicted molar refractivity (Wildman–Crippen MR) is 197 cm³/mol. The normalized spacial score (nSPS) is 16.0. The molecule has 2 atom stereocenters. The molecule has 2 N–H and O–H groups in total. The summed E-state index contributed by atoms with van der Waals surface area (Å²) in [5.74, 6) is 0. The van der Waals surface area contributed by atoms with E-state index in [0.717, 1.165) is 33.3 Å². The molecule has 222 valence electrons. The molecule has 2 heterocycles. The number of rotatable bonds is 3. The lowest BCUT2D eigenvalue weighted by Gasteiger charge is -2.37. The van der Waals surface area contributed by atoms with Crippen LogP contribution in [0.4, 0.5) is 11.4 Å². The highest BCUT2D eigenvalue weighted by atomic mass is 16.3. The van der Waals surface area contributed by atoms with Crippen LogP contribution in [0.25, 0.3) is 65.4 Å². The lowest BCUT2D eigenvalue weighted by Crippen LogP contribution is -2.30. The zero-order valence-electron chi connectivity index (χ0n) is 25.6. The second-order valence-electron chi connectivity index (χ2n) is 12.6. The Balaban J connectivity index is 1.11. The molecule has 0 amide bonds. The average molecular weight is 603 g/mol. The minimum absolute atomic E-state index is 0.0200. The molecule has 1 aliphatic rings. The monoisotopic (exact) mass is 602 g/mol. The topological polar surface area (TPSA) is 37.2 Å². The van der Waals surface area contributed by atoms with Crippen LogP contribution >= 0.6 is 0 Å². The van der Waals surface area contributed by atoms with Crippen LogP contribution in [0.3, 0.4) is 0 Å². The van der Waals surface area contributed by atoms with Crippen molar-refractivity contribution >= 4 is 65.6 Å². The first-order chi connectivity index (χ1) is 23.3. The van der Waals surface area contributed by atoms with Crippen molar-refractivity contribution in [1.82, 2.24) is 0 Å². The van der Waals surface area contributed by atoms with E-state index in [1.807, 2.05) is 12.1 Å². The van der Waals surface area contributed by atoms with Gasteiger partial charge in [-0.05, 0) is 84.9 Å². The Labute approximate surface area is 272 Å². The molecule has 0 spiro atoms. The lowest BCUT2D eigenvalue weighted by atomic mass is 9.87. The molecule has 2 unspecified atom stereocenters. The second kappa shape index (κ2) is 10.2. The van der Waals surface area contributed by atoms with Crippen molar-refractivity contribution in [3.05, 3.63) is 169 Å². The summed E-state index contributed by atoms with van der Waals surface area (Å²) < 4.78 is 6.19. The van der Waals surface area contributed by atoms with Gasteiger partial charge in [0.1, 0.15) is 11.2 Å². The van der Waals surface area contributed by atoms with Gasteiger partial charge in [0.15, 0.2) is 0 Å². The summed E-state index contributed by atoms with van der Waals surface area (Å²) in [6, 6.07) is 56.8. The number of furan rings is 1. The molecule has 0 saturated heterocycles. The van der Waals surface area contributed by atoms with Crippen LogP contribution in [0.2, 0.25) is 0 Å². The average Bonchev–Trinajstić information content (AvgIpc) is 3.53. The van der Waals surface area contributed by atoms with Crippen molar-refractivity contribution in [3.8, 4) is 11.1 Å². The largest absolute Gasteiger partial charge is 0.456 e. The Morgan fingerprint density at radius 3 is 1.57 bits per heavy atom. The summed E-state index contributed by atoms with van der Waals surface area (Å²) in [5, 5.41) is 17.9. The van der Waals surface area contributed by atoms with E-state index in [-0.39, 0.29) is 12.1 Å². The molecule has 9 aromatic rings. The van der Waals surface area contributed by atoms with Crippen molar-refractivity contribution in [2.24, 2.45) is 0 Å². The van der Waals surface area contributed by atoms with Gasteiger partial charge in [0.05, 0.1) is 23.5 Å². The Kier molecular flexibility index (Phi) is 5.70. The molecule has 0 fully saturated rings. The first kappa shape index (κ1) is 26.2. The van der Waals surface area contributed by atoms with Crippen molar-refractivity contribution in [3.63, 3.8) is 0 Å². The molecule has 0 saturated carbocycles. The first-order valence-corrected chi connectivity index (χ1v) is 16.3. The molecule has 8 aromatic carbocycles. The zero-order chi connectivity index (χ0) is 30.9.